The van der Waals surface area contributed by atoms with Crippen LogP contribution in [0.5, 0.6) is 0 Å². The van der Waals surface area contributed by atoms with Gasteiger partial charge < -0.3 is 9.88 Å². The van der Waals surface area contributed by atoms with Gasteiger partial charge in [0.2, 0.25) is 0 Å². The van der Waals surface area contributed by atoms with Gasteiger partial charge in [0.15, 0.2) is 0 Å². The summed E-state index contributed by atoms with van der Waals surface area (Å²) >= 11 is 0. The summed E-state index contributed by atoms with van der Waals surface area (Å²) in [5.74, 6) is 1.23. The lowest BCUT2D eigenvalue weighted by molar-refractivity contribution is 0.604. The maximum atomic E-state index is 4.37. The zero-order valence-corrected chi connectivity index (χ0v) is 9.29. The van der Waals surface area contributed by atoms with Crippen LogP contribution in [0.2, 0.25) is 0 Å². The van der Waals surface area contributed by atoms with Gasteiger partial charge in [0.1, 0.15) is 5.82 Å². The van der Waals surface area contributed by atoms with Gasteiger partial charge in [0.25, 0.3) is 0 Å². The number of hydrogen-bond acceptors (Lipinski definition) is 2. The average molecular weight is 195 g/mol. The minimum atomic E-state index is 1.06. The smallest absolute Gasteiger partial charge is 0.108 e. The molecule has 1 rings (SSSR count). The Bertz CT molecular complexity index is 242. The first-order valence-corrected chi connectivity index (χ1v) is 5.59. The van der Waals surface area contributed by atoms with E-state index in [2.05, 4.69) is 34.9 Å². The molecular weight excluding hydrogens is 174 g/mol. The van der Waals surface area contributed by atoms with Gasteiger partial charge in [-0.05, 0) is 25.9 Å². The third-order valence-electron chi connectivity index (χ3n) is 2.27. The molecule has 0 amide bonds. The summed E-state index contributed by atoms with van der Waals surface area (Å²) in [6.07, 6.45) is 7.41. The van der Waals surface area contributed by atoms with E-state index in [0.717, 1.165) is 26.1 Å². The van der Waals surface area contributed by atoms with Crippen molar-refractivity contribution >= 4 is 0 Å². The van der Waals surface area contributed by atoms with Crippen molar-refractivity contribution in [1.82, 2.24) is 14.9 Å². The second kappa shape index (κ2) is 6.60. The van der Waals surface area contributed by atoms with Gasteiger partial charge in [-0.25, -0.2) is 4.98 Å². The fourth-order valence-corrected chi connectivity index (χ4v) is 1.56. The third kappa shape index (κ3) is 3.50. The number of nitrogens with zero attached hydrogens (tertiary/aromatic N) is 2. The van der Waals surface area contributed by atoms with E-state index in [-0.39, 0.29) is 0 Å². The Hall–Kier alpha value is -0.830. The largest absolute Gasteiger partial charge is 0.335 e. The van der Waals surface area contributed by atoms with Gasteiger partial charge >= 0.3 is 0 Å². The Kier molecular flexibility index (Phi) is 5.30. The van der Waals surface area contributed by atoms with Crippen molar-refractivity contribution in [1.29, 1.82) is 0 Å². The Labute approximate surface area is 86.5 Å². The zero-order chi connectivity index (χ0) is 10.2. The summed E-state index contributed by atoms with van der Waals surface area (Å²) in [6, 6.07) is 0. The molecule has 3 heteroatoms. The molecule has 0 spiro atoms. The predicted molar refractivity (Wildman–Crippen MR) is 59.4 cm³/mol. The first-order chi connectivity index (χ1) is 6.88. The van der Waals surface area contributed by atoms with Crippen LogP contribution < -0.4 is 5.32 Å². The van der Waals surface area contributed by atoms with Gasteiger partial charge in [0, 0.05) is 25.4 Å². The van der Waals surface area contributed by atoms with E-state index in [9.17, 15) is 0 Å². The third-order valence-corrected chi connectivity index (χ3v) is 2.27. The minimum Gasteiger partial charge on any atom is -0.335 e. The van der Waals surface area contributed by atoms with E-state index in [1.807, 2.05) is 6.20 Å². The molecule has 1 aromatic rings. The normalized spacial score (nSPS) is 10.7. The number of hydrogen-bond donors (Lipinski definition) is 1. The van der Waals surface area contributed by atoms with Crippen LogP contribution in [-0.2, 0) is 13.0 Å². The van der Waals surface area contributed by atoms with Crippen LogP contribution in [0.25, 0.3) is 0 Å². The Morgan fingerprint density at radius 1 is 1.43 bits per heavy atom. The van der Waals surface area contributed by atoms with E-state index >= 15 is 0 Å². The van der Waals surface area contributed by atoms with E-state index < -0.39 is 0 Å². The van der Waals surface area contributed by atoms with Crippen LogP contribution >= 0.6 is 0 Å². The lowest BCUT2D eigenvalue weighted by Gasteiger charge is -2.06. The molecule has 0 saturated heterocycles. The molecule has 0 radical (unpaired) electrons. The molecule has 0 aliphatic rings. The minimum absolute atomic E-state index is 1.06. The molecule has 1 N–H and O–H groups in total. The first-order valence-electron chi connectivity index (χ1n) is 5.59. The molecule has 1 aromatic heterocycles. The highest BCUT2D eigenvalue weighted by Gasteiger charge is 2.00. The molecule has 80 valence electrons. The molecule has 0 aliphatic heterocycles. The zero-order valence-electron chi connectivity index (χ0n) is 9.29. The average Bonchev–Trinajstić information content (AvgIpc) is 2.61. The van der Waals surface area contributed by atoms with Crippen LogP contribution in [0.4, 0.5) is 0 Å². The SMILES string of the molecule is CCCn1ccnc1CCCNCC. The monoisotopic (exact) mass is 195 g/mol. The summed E-state index contributed by atoms with van der Waals surface area (Å²) in [5.41, 5.74) is 0. The summed E-state index contributed by atoms with van der Waals surface area (Å²) in [5, 5.41) is 3.33. The molecule has 0 fully saturated rings. The maximum absolute atomic E-state index is 4.37. The maximum Gasteiger partial charge on any atom is 0.108 e. The number of nitrogens with one attached hydrogen (secondary N) is 1. The Morgan fingerprint density at radius 2 is 2.29 bits per heavy atom. The highest BCUT2D eigenvalue weighted by molar-refractivity contribution is 4.92. The van der Waals surface area contributed by atoms with E-state index in [1.54, 1.807) is 0 Å². The Morgan fingerprint density at radius 3 is 3.00 bits per heavy atom. The van der Waals surface area contributed by atoms with Crippen molar-refractivity contribution in [2.45, 2.75) is 39.7 Å². The summed E-state index contributed by atoms with van der Waals surface area (Å²) in [6.45, 7) is 7.58. The van der Waals surface area contributed by atoms with Crippen LogP contribution in [0.3, 0.4) is 0 Å². The standard InChI is InChI=1S/C11H21N3/c1-3-9-14-10-8-13-11(14)6-5-7-12-4-2/h8,10,12H,3-7,9H2,1-2H3. The van der Waals surface area contributed by atoms with Crippen molar-refractivity contribution in [3.8, 4) is 0 Å². The highest BCUT2D eigenvalue weighted by atomic mass is 15.1. The van der Waals surface area contributed by atoms with Crippen LogP contribution in [0, 0.1) is 0 Å². The van der Waals surface area contributed by atoms with Crippen molar-refractivity contribution < 1.29 is 0 Å². The van der Waals surface area contributed by atoms with Crippen LogP contribution in [0.1, 0.15) is 32.5 Å². The molecule has 14 heavy (non-hydrogen) atoms. The molecular formula is C11H21N3. The van der Waals surface area contributed by atoms with E-state index in [0.29, 0.717) is 0 Å². The van der Waals surface area contributed by atoms with E-state index in [4.69, 9.17) is 0 Å². The number of imidazole rings is 1. The van der Waals surface area contributed by atoms with E-state index in [1.165, 1.54) is 18.7 Å². The van der Waals surface area contributed by atoms with Crippen molar-refractivity contribution in [3.63, 3.8) is 0 Å². The molecule has 0 atom stereocenters. The van der Waals surface area contributed by atoms with Crippen molar-refractivity contribution in [2.24, 2.45) is 0 Å². The topological polar surface area (TPSA) is 29.9 Å². The van der Waals surface area contributed by atoms with Gasteiger partial charge in [-0.3, -0.25) is 0 Å². The molecule has 1 heterocycles. The summed E-state index contributed by atoms with van der Waals surface area (Å²) < 4.78 is 2.26. The second-order valence-electron chi connectivity index (χ2n) is 3.49. The molecule has 0 unspecified atom stereocenters. The number of aromatic nitrogens is 2. The molecule has 0 aromatic carbocycles. The fourth-order valence-electron chi connectivity index (χ4n) is 1.56. The lowest BCUT2D eigenvalue weighted by atomic mass is 10.3. The first kappa shape index (κ1) is 11.2. The van der Waals surface area contributed by atoms with Crippen LogP contribution in [-0.4, -0.2) is 22.6 Å². The van der Waals surface area contributed by atoms with Crippen molar-refractivity contribution in [3.05, 3.63) is 18.2 Å². The number of aryl methyl sites for hydroxylation is 2. The van der Waals surface area contributed by atoms with Gasteiger partial charge in [0.05, 0.1) is 0 Å². The second-order valence-corrected chi connectivity index (χ2v) is 3.49. The van der Waals surface area contributed by atoms with Crippen molar-refractivity contribution in [2.75, 3.05) is 13.1 Å². The van der Waals surface area contributed by atoms with Gasteiger partial charge in [-0.2, -0.15) is 0 Å². The van der Waals surface area contributed by atoms with Gasteiger partial charge in [-0.15, -0.1) is 0 Å². The van der Waals surface area contributed by atoms with Crippen LogP contribution in [0.15, 0.2) is 12.4 Å². The predicted octanol–water partition coefficient (Wildman–Crippen LogP) is 1.84. The Balaban J connectivity index is 2.30. The molecule has 0 saturated carbocycles. The highest BCUT2D eigenvalue weighted by Crippen LogP contribution is 2.02. The fraction of sp³-hybridized carbons (Fsp3) is 0.727. The number of rotatable bonds is 7. The van der Waals surface area contributed by atoms with Gasteiger partial charge in [-0.1, -0.05) is 13.8 Å². The lowest BCUT2D eigenvalue weighted by Crippen LogP contribution is -2.15. The quantitative estimate of drug-likeness (QED) is 0.673. The molecule has 0 bridgehead atoms. The molecule has 3 nitrogen and oxygen atoms in total. The summed E-state index contributed by atoms with van der Waals surface area (Å²) in [7, 11) is 0. The summed E-state index contributed by atoms with van der Waals surface area (Å²) in [4.78, 5) is 4.37. The molecule has 0 aliphatic carbocycles.